The van der Waals surface area contributed by atoms with Gasteiger partial charge in [-0.05, 0) is 25.0 Å². The van der Waals surface area contributed by atoms with Crippen molar-refractivity contribution in [2.45, 2.75) is 32.4 Å². The van der Waals surface area contributed by atoms with E-state index < -0.39 is 12.0 Å². The minimum Gasteiger partial charge on any atom is -0.480 e. The molecule has 1 fully saturated rings. The van der Waals surface area contributed by atoms with Gasteiger partial charge < -0.3 is 10.0 Å². The van der Waals surface area contributed by atoms with Crippen molar-refractivity contribution in [3.63, 3.8) is 0 Å². The number of hydrogen-bond donors (Lipinski definition) is 1. The van der Waals surface area contributed by atoms with E-state index in [1.54, 1.807) is 6.20 Å². The Morgan fingerprint density at radius 3 is 2.94 bits per heavy atom. The number of aliphatic carboxylic acids is 1. The lowest BCUT2D eigenvalue weighted by atomic mass is 10.2. The molecule has 1 aromatic heterocycles. The number of amides is 1. The van der Waals surface area contributed by atoms with Crippen molar-refractivity contribution in [2.24, 2.45) is 0 Å². The lowest BCUT2D eigenvalue weighted by Gasteiger charge is -2.21. The summed E-state index contributed by atoms with van der Waals surface area (Å²) >= 11 is 0. The van der Waals surface area contributed by atoms with E-state index in [0.717, 1.165) is 11.3 Å². The van der Waals surface area contributed by atoms with Crippen LogP contribution in [-0.4, -0.2) is 32.9 Å². The second kappa shape index (κ2) is 4.53. The molecular formula is C12H14N2O3. The van der Waals surface area contributed by atoms with Crippen LogP contribution in [0.25, 0.3) is 0 Å². The summed E-state index contributed by atoms with van der Waals surface area (Å²) in [5.41, 5.74) is 1.76. The smallest absolute Gasteiger partial charge is 0.326 e. The van der Waals surface area contributed by atoms with Crippen molar-refractivity contribution in [3.8, 4) is 0 Å². The molecule has 0 spiro atoms. The van der Waals surface area contributed by atoms with Crippen molar-refractivity contribution in [1.82, 2.24) is 9.88 Å². The van der Waals surface area contributed by atoms with Gasteiger partial charge in [-0.3, -0.25) is 9.78 Å². The van der Waals surface area contributed by atoms with E-state index >= 15 is 0 Å². The highest BCUT2D eigenvalue weighted by atomic mass is 16.4. The summed E-state index contributed by atoms with van der Waals surface area (Å²) in [5, 5.41) is 9.01. The zero-order chi connectivity index (χ0) is 12.4. The molecule has 1 aliphatic heterocycles. The maximum atomic E-state index is 11.6. The summed E-state index contributed by atoms with van der Waals surface area (Å²) in [7, 11) is 0. The Labute approximate surface area is 99.1 Å². The van der Waals surface area contributed by atoms with Gasteiger partial charge >= 0.3 is 5.97 Å². The fraction of sp³-hybridized carbons (Fsp3) is 0.417. The predicted molar refractivity (Wildman–Crippen MR) is 60.2 cm³/mol. The van der Waals surface area contributed by atoms with Gasteiger partial charge in [-0.15, -0.1) is 0 Å². The molecule has 2 heterocycles. The monoisotopic (exact) mass is 234 g/mol. The van der Waals surface area contributed by atoms with Gasteiger partial charge in [-0.1, -0.05) is 6.07 Å². The van der Waals surface area contributed by atoms with Crippen LogP contribution < -0.4 is 0 Å². The van der Waals surface area contributed by atoms with Gasteiger partial charge in [-0.25, -0.2) is 4.79 Å². The highest BCUT2D eigenvalue weighted by Crippen LogP contribution is 2.21. The minimum absolute atomic E-state index is 0.111. The second-order valence-electron chi connectivity index (χ2n) is 4.24. The van der Waals surface area contributed by atoms with Crippen LogP contribution in [0.3, 0.4) is 0 Å². The Kier molecular flexibility index (Phi) is 3.08. The largest absolute Gasteiger partial charge is 0.480 e. The number of carboxylic acids is 1. The van der Waals surface area contributed by atoms with Crippen LogP contribution in [0.15, 0.2) is 18.3 Å². The van der Waals surface area contributed by atoms with E-state index in [0.29, 0.717) is 12.8 Å². The number of carbonyl (C=O) groups excluding carboxylic acids is 1. The number of carboxylic acid groups (broad SMARTS) is 1. The molecule has 1 N–H and O–H groups in total. The van der Waals surface area contributed by atoms with Gasteiger partial charge in [0, 0.05) is 12.6 Å². The molecule has 17 heavy (non-hydrogen) atoms. The van der Waals surface area contributed by atoms with Gasteiger partial charge in [0.25, 0.3) is 0 Å². The molecule has 0 saturated carbocycles. The first-order chi connectivity index (χ1) is 8.08. The number of hydrogen-bond acceptors (Lipinski definition) is 3. The summed E-state index contributed by atoms with van der Waals surface area (Å²) in [4.78, 5) is 28.2. The molecule has 1 unspecified atom stereocenters. The SMILES string of the molecule is Cc1ccc(CN2C(=O)CCC2C(=O)O)nc1. The summed E-state index contributed by atoms with van der Waals surface area (Å²) in [6, 6.07) is 3.02. The third kappa shape index (κ3) is 2.43. The van der Waals surface area contributed by atoms with Crippen LogP contribution in [0.1, 0.15) is 24.1 Å². The van der Waals surface area contributed by atoms with Gasteiger partial charge in [0.05, 0.1) is 12.2 Å². The van der Waals surface area contributed by atoms with Crippen LogP contribution in [0, 0.1) is 6.92 Å². The first kappa shape index (κ1) is 11.6. The molecular weight excluding hydrogens is 220 g/mol. The number of rotatable bonds is 3. The zero-order valence-electron chi connectivity index (χ0n) is 9.59. The van der Waals surface area contributed by atoms with Crippen molar-refractivity contribution >= 4 is 11.9 Å². The van der Waals surface area contributed by atoms with Gasteiger partial charge in [-0.2, -0.15) is 0 Å². The molecule has 1 atom stereocenters. The molecule has 1 saturated heterocycles. The standard InChI is InChI=1S/C12H14N2O3/c1-8-2-3-9(13-6-8)7-14-10(12(16)17)4-5-11(14)15/h2-3,6,10H,4-5,7H2,1H3,(H,16,17). The first-order valence-electron chi connectivity index (χ1n) is 5.52. The normalized spacial score (nSPS) is 19.7. The van der Waals surface area contributed by atoms with Crippen LogP contribution in [-0.2, 0) is 16.1 Å². The second-order valence-corrected chi connectivity index (χ2v) is 4.24. The molecule has 0 aliphatic carbocycles. The molecule has 1 aliphatic rings. The molecule has 1 amide bonds. The lowest BCUT2D eigenvalue weighted by Crippen LogP contribution is -2.38. The third-order valence-corrected chi connectivity index (χ3v) is 2.92. The average molecular weight is 234 g/mol. The number of likely N-dealkylation sites (tertiary alicyclic amines) is 1. The summed E-state index contributed by atoms with van der Waals surface area (Å²) in [6.45, 7) is 2.20. The maximum Gasteiger partial charge on any atom is 0.326 e. The molecule has 5 heteroatoms. The molecule has 90 valence electrons. The van der Waals surface area contributed by atoms with Crippen molar-refractivity contribution in [1.29, 1.82) is 0 Å². The van der Waals surface area contributed by atoms with Crippen molar-refractivity contribution < 1.29 is 14.7 Å². The molecule has 2 rings (SSSR count). The van der Waals surface area contributed by atoms with Crippen LogP contribution in [0.4, 0.5) is 0 Å². The predicted octanol–water partition coefficient (Wildman–Crippen LogP) is 0.966. The van der Waals surface area contributed by atoms with Gasteiger partial charge in [0.15, 0.2) is 0 Å². The summed E-state index contributed by atoms with van der Waals surface area (Å²) in [6.07, 6.45) is 2.41. The number of nitrogens with zero attached hydrogens (tertiary/aromatic N) is 2. The Hall–Kier alpha value is -1.91. The zero-order valence-corrected chi connectivity index (χ0v) is 9.59. The van der Waals surface area contributed by atoms with Crippen molar-refractivity contribution in [3.05, 3.63) is 29.6 Å². The third-order valence-electron chi connectivity index (χ3n) is 2.92. The number of carbonyl (C=O) groups is 2. The van der Waals surface area contributed by atoms with E-state index in [1.807, 2.05) is 19.1 Å². The first-order valence-corrected chi connectivity index (χ1v) is 5.52. The molecule has 0 bridgehead atoms. The van der Waals surface area contributed by atoms with E-state index in [9.17, 15) is 9.59 Å². The van der Waals surface area contributed by atoms with Gasteiger partial charge in [0.1, 0.15) is 6.04 Å². The molecule has 1 aromatic rings. The van der Waals surface area contributed by atoms with Crippen LogP contribution in [0.2, 0.25) is 0 Å². The van der Waals surface area contributed by atoms with E-state index in [2.05, 4.69) is 4.98 Å². The van der Waals surface area contributed by atoms with E-state index in [-0.39, 0.29) is 12.5 Å². The quantitative estimate of drug-likeness (QED) is 0.845. The maximum absolute atomic E-state index is 11.6. The average Bonchev–Trinajstić information content (AvgIpc) is 2.64. The Bertz CT molecular complexity index is 442. The Morgan fingerprint density at radius 2 is 2.35 bits per heavy atom. The Balaban J connectivity index is 2.13. The lowest BCUT2D eigenvalue weighted by molar-refractivity contribution is -0.146. The molecule has 5 nitrogen and oxygen atoms in total. The van der Waals surface area contributed by atoms with Crippen LogP contribution >= 0.6 is 0 Å². The topological polar surface area (TPSA) is 70.5 Å². The number of pyridine rings is 1. The number of aromatic nitrogens is 1. The van der Waals surface area contributed by atoms with Crippen molar-refractivity contribution in [2.75, 3.05) is 0 Å². The summed E-state index contributed by atoms with van der Waals surface area (Å²) < 4.78 is 0. The number of aryl methyl sites for hydroxylation is 1. The minimum atomic E-state index is -0.942. The van der Waals surface area contributed by atoms with E-state index in [1.165, 1.54) is 4.90 Å². The highest BCUT2D eigenvalue weighted by molar-refractivity contribution is 5.87. The van der Waals surface area contributed by atoms with E-state index in [4.69, 9.17) is 5.11 Å². The molecule has 0 aromatic carbocycles. The van der Waals surface area contributed by atoms with Gasteiger partial charge in [0.2, 0.25) is 5.91 Å². The summed E-state index contributed by atoms with van der Waals surface area (Å²) in [5.74, 6) is -1.05. The molecule has 0 radical (unpaired) electrons. The highest BCUT2D eigenvalue weighted by Gasteiger charge is 2.35. The van der Waals surface area contributed by atoms with Crippen LogP contribution in [0.5, 0.6) is 0 Å². The fourth-order valence-corrected chi connectivity index (χ4v) is 1.96. The fourth-order valence-electron chi connectivity index (χ4n) is 1.96. The Morgan fingerprint density at radius 1 is 1.59 bits per heavy atom.